The summed E-state index contributed by atoms with van der Waals surface area (Å²) < 4.78 is 37.3. The second-order valence-electron chi connectivity index (χ2n) is 8.16. The molecule has 3 saturated carbocycles. The van der Waals surface area contributed by atoms with Gasteiger partial charge in [-0.1, -0.05) is 17.7 Å². The van der Waals surface area contributed by atoms with Crippen molar-refractivity contribution in [2.24, 2.45) is 5.41 Å². The number of methoxy groups -OCH3 is 1. The molecular formula is C22H21ClF2N2O4. The minimum Gasteiger partial charge on any atom is -0.494 e. The average molecular weight is 451 g/mol. The van der Waals surface area contributed by atoms with Gasteiger partial charge in [0.25, 0.3) is 5.91 Å². The number of benzene rings is 2. The number of rotatable bonds is 8. The molecule has 31 heavy (non-hydrogen) atoms. The fourth-order valence-electron chi connectivity index (χ4n) is 4.40. The maximum atomic E-state index is 13.8. The molecule has 6 nitrogen and oxygen atoms in total. The zero-order chi connectivity index (χ0) is 22.2. The summed E-state index contributed by atoms with van der Waals surface area (Å²) in [5, 5.41) is 5.72. The number of amides is 2. The summed E-state index contributed by atoms with van der Waals surface area (Å²) in [4.78, 5) is 24.7. The van der Waals surface area contributed by atoms with E-state index in [1.54, 1.807) is 6.07 Å². The first-order valence-electron chi connectivity index (χ1n) is 9.74. The van der Waals surface area contributed by atoms with Gasteiger partial charge in [0.1, 0.15) is 11.6 Å². The zero-order valence-electron chi connectivity index (χ0n) is 16.8. The Labute approximate surface area is 182 Å². The van der Waals surface area contributed by atoms with E-state index in [0.717, 1.165) is 6.07 Å². The van der Waals surface area contributed by atoms with Crippen LogP contribution in [0.3, 0.4) is 0 Å². The molecule has 0 radical (unpaired) electrons. The largest absolute Gasteiger partial charge is 0.494 e. The van der Waals surface area contributed by atoms with Crippen molar-refractivity contribution in [3.63, 3.8) is 0 Å². The topological polar surface area (TPSA) is 76.7 Å². The van der Waals surface area contributed by atoms with Crippen LogP contribution in [0, 0.1) is 17.0 Å². The van der Waals surface area contributed by atoms with Gasteiger partial charge in [-0.2, -0.15) is 0 Å². The Kier molecular flexibility index (Phi) is 5.51. The van der Waals surface area contributed by atoms with Crippen LogP contribution in [-0.2, 0) is 16.1 Å². The molecule has 5 rings (SSSR count). The highest BCUT2D eigenvalue weighted by molar-refractivity contribution is 6.30. The summed E-state index contributed by atoms with van der Waals surface area (Å²) in [6.45, 7) is -0.0442. The number of carbonyl (C=O) groups excluding carboxylic acids is 2. The third kappa shape index (κ3) is 4.17. The molecule has 0 aliphatic heterocycles. The number of hydrogen-bond acceptors (Lipinski definition) is 4. The normalized spacial score (nSPS) is 23.2. The minimum atomic E-state index is -0.621. The average Bonchev–Trinajstić information content (AvgIpc) is 2.68. The second kappa shape index (κ2) is 8.00. The molecule has 0 unspecified atom stereocenters. The van der Waals surface area contributed by atoms with Gasteiger partial charge in [0.05, 0.1) is 17.5 Å². The van der Waals surface area contributed by atoms with E-state index in [1.165, 1.54) is 31.4 Å². The van der Waals surface area contributed by atoms with Crippen LogP contribution in [0.4, 0.5) is 8.78 Å². The van der Waals surface area contributed by atoms with Crippen LogP contribution in [0.5, 0.6) is 11.5 Å². The molecule has 9 heteroatoms. The lowest BCUT2D eigenvalue weighted by molar-refractivity contribution is -0.184. The molecule has 0 spiro atoms. The Morgan fingerprint density at radius 1 is 1.10 bits per heavy atom. The van der Waals surface area contributed by atoms with E-state index < -0.39 is 22.6 Å². The van der Waals surface area contributed by atoms with E-state index in [-0.39, 0.29) is 41.5 Å². The molecule has 3 aliphatic carbocycles. The minimum absolute atomic E-state index is 0.0219. The third-order valence-corrected chi connectivity index (χ3v) is 6.15. The van der Waals surface area contributed by atoms with Crippen molar-refractivity contribution in [2.75, 3.05) is 13.7 Å². The van der Waals surface area contributed by atoms with Crippen LogP contribution in [0.1, 0.15) is 24.8 Å². The van der Waals surface area contributed by atoms with Gasteiger partial charge in [-0.25, -0.2) is 8.78 Å². The number of ether oxygens (including phenoxy) is 2. The van der Waals surface area contributed by atoms with Crippen molar-refractivity contribution >= 4 is 23.4 Å². The SMILES string of the molecule is COc1ccc(CNC(=O)C23CC(NC(=O)COc4ccc(Cl)c(F)c4)(C2)C3)cc1F. The number of hydrogen-bond donors (Lipinski definition) is 2. The van der Waals surface area contributed by atoms with Crippen LogP contribution >= 0.6 is 11.6 Å². The molecule has 0 saturated heterocycles. The zero-order valence-corrected chi connectivity index (χ0v) is 17.5. The maximum absolute atomic E-state index is 13.8. The molecule has 3 fully saturated rings. The molecule has 2 N–H and O–H groups in total. The van der Waals surface area contributed by atoms with Crippen molar-refractivity contribution in [1.29, 1.82) is 0 Å². The molecular weight excluding hydrogens is 430 g/mol. The molecule has 0 atom stereocenters. The summed E-state index contributed by atoms with van der Waals surface area (Å²) in [5.41, 5.74) is -0.245. The molecule has 164 valence electrons. The van der Waals surface area contributed by atoms with Crippen molar-refractivity contribution in [3.05, 3.63) is 58.6 Å². The fourth-order valence-corrected chi connectivity index (χ4v) is 4.52. The van der Waals surface area contributed by atoms with Crippen LogP contribution in [-0.4, -0.2) is 31.1 Å². The molecule has 3 aliphatic rings. The first-order chi connectivity index (χ1) is 14.7. The Hall–Kier alpha value is -2.87. The lowest BCUT2D eigenvalue weighted by atomic mass is 9.39. The molecule has 2 aromatic carbocycles. The van der Waals surface area contributed by atoms with Crippen molar-refractivity contribution in [2.45, 2.75) is 31.3 Å². The Morgan fingerprint density at radius 2 is 1.84 bits per heavy atom. The van der Waals surface area contributed by atoms with Gasteiger partial charge in [0, 0.05) is 18.2 Å². The Balaban J connectivity index is 1.21. The predicted octanol–water partition coefficient (Wildman–Crippen LogP) is 3.36. The van der Waals surface area contributed by atoms with E-state index in [1.807, 2.05) is 0 Å². The number of halogens is 3. The maximum Gasteiger partial charge on any atom is 0.258 e. The standard InChI is InChI=1S/C22H21ClF2N2O4/c1-30-18-5-2-13(6-17(18)25)8-26-20(29)21-10-22(11-21,12-21)27-19(28)9-31-14-3-4-15(23)16(24)7-14/h2-7H,8-12H2,1H3,(H,26,29)(H,27,28). The van der Waals surface area contributed by atoms with Crippen LogP contribution in [0.25, 0.3) is 0 Å². The van der Waals surface area contributed by atoms with E-state index in [4.69, 9.17) is 21.1 Å². The van der Waals surface area contributed by atoms with Crippen LogP contribution in [0.15, 0.2) is 36.4 Å². The molecule has 0 aromatic heterocycles. The van der Waals surface area contributed by atoms with Gasteiger partial charge in [-0.05, 0) is 49.1 Å². The van der Waals surface area contributed by atoms with Crippen molar-refractivity contribution in [1.82, 2.24) is 10.6 Å². The van der Waals surface area contributed by atoms with Gasteiger partial charge in [-0.15, -0.1) is 0 Å². The van der Waals surface area contributed by atoms with Gasteiger partial charge in [0.2, 0.25) is 5.91 Å². The van der Waals surface area contributed by atoms with Crippen molar-refractivity contribution in [3.8, 4) is 11.5 Å². The van der Waals surface area contributed by atoms with E-state index in [2.05, 4.69) is 10.6 Å². The summed E-state index contributed by atoms with van der Waals surface area (Å²) in [6, 6.07) is 8.49. The molecule has 2 aromatic rings. The summed E-state index contributed by atoms with van der Waals surface area (Å²) in [6.07, 6.45) is 1.64. The fraction of sp³-hybridized carbons (Fsp3) is 0.364. The summed E-state index contributed by atoms with van der Waals surface area (Å²) >= 11 is 5.61. The molecule has 2 bridgehead atoms. The lowest BCUT2D eigenvalue weighted by Crippen LogP contribution is -2.78. The Morgan fingerprint density at radius 3 is 2.48 bits per heavy atom. The third-order valence-electron chi connectivity index (χ3n) is 5.85. The lowest BCUT2D eigenvalue weighted by Gasteiger charge is -2.69. The van der Waals surface area contributed by atoms with E-state index >= 15 is 0 Å². The van der Waals surface area contributed by atoms with Gasteiger partial charge >= 0.3 is 0 Å². The van der Waals surface area contributed by atoms with E-state index in [0.29, 0.717) is 24.8 Å². The highest BCUT2D eigenvalue weighted by atomic mass is 35.5. The van der Waals surface area contributed by atoms with Crippen LogP contribution in [0.2, 0.25) is 5.02 Å². The quantitative estimate of drug-likeness (QED) is 0.646. The molecule has 2 amide bonds. The summed E-state index contributed by atoms with van der Waals surface area (Å²) in [7, 11) is 1.39. The summed E-state index contributed by atoms with van der Waals surface area (Å²) in [5.74, 6) is -1.18. The smallest absolute Gasteiger partial charge is 0.258 e. The number of nitrogens with one attached hydrogen (secondary N) is 2. The number of carbonyl (C=O) groups is 2. The van der Waals surface area contributed by atoms with Crippen molar-refractivity contribution < 1.29 is 27.8 Å². The Bertz CT molecular complexity index is 1030. The second-order valence-corrected chi connectivity index (χ2v) is 8.56. The highest BCUT2D eigenvalue weighted by Gasteiger charge is 2.72. The molecule has 0 heterocycles. The first-order valence-corrected chi connectivity index (χ1v) is 10.1. The van der Waals surface area contributed by atoms with Crippen LogP contribution < -0.4 is 20.1 Å². The highest BCUT2D eigenvalue weighted by Crippen LogP contribution is 2.67. The van der Waals surface area contributed by atoms with Gasteiger partial charge in [-0.3, -0.25) is 9.59 Å². The first kappa shape index (κ1) is 21.4. The van der Waals surface area contributed by atoms with Gasteiger partial charge < -0.3 is 20.1 Å². The van der Waals surface area contributed by atoms with Gasteiger partial charge in [0.15, 0.2) is 18.2 Å². The van der Waals surface area contributed by atoms with E-state index in [9.17, 15) is 18.4 Å². The predicted molar refractivity (Wildman–Crippen MR) is 109 cm³/mol. The monoisotopic (exact) mass is 450 g/mol.